The average Bonchev–Trinajstić information content (AvgIpc) is 2.80. The second kappa shape index (κ2) is 10.2. The van der Waals surface area contributed by atoms with Crippen molar-refractivity contribution in [3.05, 3.63) is 102 Å². The molecule has 2 aromatic carbocycles. The zero-order valence-corrected chi connectivity index (χ0v) is 17.9. The van der Waals surface area contributed by atoms with Gasteiger partial charge in [-0.25, -0.2) is 0 Å². The Balaban J connectivity index is 0.000000330. The van der Waals surface area contributed by atoms with Gasteiger partial charge in [0.25, 0.3) is 0 Å². The normalized spacial score (nSPS) is 10.0. The van der Waals surface area contributed by atoms with Crippen LogP contribution >= 0.6 is 0 Å². The molecule has 2 aromatic heterocycles. The van der Waals surface area contributed by atoms with Gasteiger partial charge in [0, 0.05) is 29.7 Å². The minimum atomic E-state index is -0.475. The average molecular weight is 412 g/mol. The summed E-state index contributed by atoms with van der Waals surface area (Å²) in [6.45, 7) is 4.01. The maximum Gasteiger partial charge on any atom is 0.249 e. The molecule has 0 aliphatic carbocycles. The summed E-state index contributed by atoms with van der Waals surface area (Å²) in [5.41, 5.74) is 11.7. The molecule has 2 N–H and O–H groups in total. The first kappa shape index (κ1) is 21.7. The third-order valence-electron chi connectivity index (χ3n) is 4.72. The van der Waals surface area contributed by atoms with E-state index < -0.39 is 5.91 Å². The molecule has 0 spiro atoms. The van der Waals surface area contributed by atoms with Gasteiger partial charge in [0.2, 0.25) is 5.91 Å². The number of rotatable bonds is 4. The number of aryl methyl sites for hydroxylation is 2. The number of hydrogen-bond acceptors (Lipinski definition) is 4. The van der Waals surface area contributed by atoms with E-state index in [1.165, 1.54) is 5.56 Å². The summed E-state index contributed by atoms with van der Waals surface area (Å²) in [6, 6.07) is 21.1. The zero-order chi connectivity index (χ0) is 22.2. The molecule has 31 heavy (non-hydrogen) atoms. The number of nitrogens with zero attached hydrogens (tertiary/aromatic N) is 2. The molecule has 2 heterocycles. The predicted octanol–water partition coefficient (Wildman–Crippen LogP) is 5.22. The minimum absolute atomic E-state index is 0.451. The van der Waals surface area contributed by atoms with E-state index in [4.69, 9.17) is 10.5 Å². The number of nitrogens with two attached hydrogens (primary N) is 1. The fourth-order valence-corrected chi connectivity index (χ4v) is 3.01. The number of carbonyl (C=O) groups excluding carboxylic acids is 1. The number of amides is 1. The zero-order valence-electron chi connectivity index (χ0n) is 17.9. The molecule has 0 bridgehead atoms. The van der Waals surface area contributed by atoms with Crippen molar-refractivity contribution in [2.75, 3.05) is 7.11 Å². The lowest BCUT2D eigenvalue weighted by Crippen LogP contribution is -2.12. The van der Waals surface area contributed by atoms with Gasteiger partial charge < -0.3 is 10.5 Å². The van der Waals surface area contributed by atoms with Gasteiger partial charge in [-0.05, 0) is 72.5 Å². The van der Waals surface area contributed by atoms with E-state index in [0.717, 1.165) is 33.7 Å². The van der Waals surface area contributed by atoms with E-state index in [2.05, 4.69) is 9.97 Å². The van der Waals surface area contributed by atoms with E-state index in [0.29, 0.717) is 5.56 Å². The summed E-state index contributed by atoms with van der Waals surface area (Å²) in [4.78, 5) is 20.2. The highest BCUT2D eigenvalue weighted by Crippen LogP contribution is 2.29. The Bertz CT molecular complexity index is 1160. The van der Waals surface area contributed by atoms with Crippen molar-refractivity contribution >= 4 is 5.91 Å². The summed E-state index contributed by atoms with van der Waals surface area (Å²) in [7, 11) is 1.63. The van der Waals surface area contributed by atoms with Crippen LogP contribution in [-0.4, -0.2) is 23.0 Å². The smallest absolute Gasteiger partial charge is 0.249 e. The third-order valence-corrected chi connectivity index (χ3v) is 4.72. The van der Waals surface area contributed by atoms with Crippen molar-refractivity contribution < 1.29 is 9.53 Å². The molecule has 4 aromatic rings. The van der Waals surface area contributed by atoms with Gasteiger partial charge in [-0.1, -0.05) is 30.3 Å². The molecule has 0 saturated heterocycles. The highest BCUT2D eigenvalue weighted by Gasteiger charge is 2.13. The highest BCUT2D eigenvalue weighted by molar-refractivity contribution is 6.00. The Morgan fingerprint density at radius 2 is 1.61 bits per heavy atom. The monoisotopic (exact) mass is 411 g/mol. The molecular weight excluding hydrogens is 386 g/mol. The number of methoxy groups -OCH3 is 1. The van der Waals surface area contributed by atoms with Crippen molar-refractivity contribution in [1.29, 1.82) is 0 Å². The summed E-state index contributed by atoms with van der Waals surface area (Å²) in [5.74, 6) is 0.287. The van der Waals surface area contributed by atoms with Crippen LogP contribution < -0.4 is 10.5 Å². The van der Waals surface area contributed by atoms with Crippen LogP contribution in [0.4, 0.5) is 0 Å². The number of carbonyl (C=O) groups is 1. The lowest BCUT2D eigenvalue weighted by Gasteiger charge is -2.10. The first-order valence-electron chi connectivity index (χ1n) is 9.86. The fraction of sp³-hybridized carbons (Fsp3) is 0.115. The van der Waals surface area contributed by atoms with Crippen LogP contribution in [0.15, 0.2) is 85.3 Å². The Kier molecular flexibility index (Phi) is 7.12. The second-order valence-electron chi connectivity index (χ2n) is 7.10. The van der Waals surface area contributed by atoms with E-state index in [-0.39, 0.29) is 0 Å². The van der Waals surface area contributed by atoms with Crippen molar-refractivity contribution in [3.63, 3.8) is 0 Å². The van der Waals surface area contributed by atoms with Crippen molar-refractivity contribution in [2.24, 2.45) is 5.73 Å². The molecule has 0 atom stereocenters. The summed E-state index contributed by atoms with van der Waals surface area (Å²) < 4.78 is 5.26. The van der Waals surface area contributed by atoms with Gasteiger partial charge in [-0.3, -0.25) is 14.8 Å². The van der Waals surface area contributed by atoms with Crippen LogP contribution in [0.2, 0.25) is 0 Å². The molecule has 0 radical (unpaired) electrons. The first-order valence-corrected chi connectivity index (χ1v) is 9.86. The van der Waals surface area contributed by atoms with E-state index in [1.54, 1.807) is 31.8 Å². The van der Waals surface area contributed by atoms with Gasteiger partial charge >= 0.3 is 0 Å². The summed E-state index contributed by atoms with van der Waals surface area (Å²) in [6.07, 6.45) is 5.35. The number of ether oxygens (including phenoxy) is 1. The molecule has 5 heteroatoms. The van der Waals surface area contributed by atoms with Crippen molar-refractivity contribution in [3.8, 4) is 28.1 Å². The van der Waals surface area contributed by atoms with E-state index >= 15 is 0 Å². The highest BCUT2D eigenvalue weighted by atomic mass is 16.5. The molecule has 0 saturated carbocycles. The number of pyridine rings is 2. The van der Waals surface area contributed by atoms with Gasteiger partial charge in [0.15, 0.2) is 0 Å². The number of aromatic nitrogens is 2. The van der Waals surface area contributed by atoms with Gasteiger partial charge in [-0.2, -0.15) is 0 Å². The van der Waals surface area contributed by atoms with Gasteiger partial charge in [-0.15, -0.1) is 0 Å². The Morgan fingerprint density at radius 3 is 2.19 bits per heavy atom. The topological polar surface area (TPSA) is 78.1 Å². The number of hydrogen-bond donors (Lipinski definition) is 1. The van der Waals surface area contributed by atoms with Gasteiger partial charge in [0.1, 0.15) is 5.75 Å². The lowest BCUT2D eigenvalue weighted by atomic mass is 9.96. The molecule has 5 nitrogen and oxygen atoms in total. The lowest BCUT2D eigenvalue weighted by molar-refractivity contribution is 0.100. The standard InChI is InChI=1S/C20H18N2O2.C6H7N/c1-13-6-9-19(22-12-13)17-8-7-15(11-18(17)20(21)23)14-4-3-5-16(10-14)24-2;1-6-2-4-7-5-3-6/h3-12H,1-2H3,(H2,21,23);2-5H,1H3. The Hall–Kier alpha value is -3.99. The first-order chi connectivity index (χ1) is 15.0. The Labute approximate surface area is 182 Å². The van der Waals surface area contributed by atoms with E-state index in [9.17, 15) is 4.79 Å². The molecule has 0 aliphatic heterocycles. The molecule has 1 amide bonds. The number of primary amides is 1. The SMILES string of the molecule is COc1cccc(-c2ccc(-c3ccc(C)cn3)c(C(N)=O)c2)c1.Cc1ccncc1. The fourth-order valence-electron chi connectivity index (χ4n) is 3.01. The third kappa shape index (κ3) is 5.76. The van der Waals surface area contributed by atoms with E-state index in [1.807, 2.05) is 74.5 Å². The van der Waals surface area contributed by atoms with Crippen LogP contribution in [0, 0.1) is 13.8 Å². The largest absolute Gasteiger partial charge is 0.497 e. The van der Waals surface area contributed by atoms with Crippen LogP contribution in [0.1, 0.15) is 21.5 Å². The molecule has 4 rings (SSSR count). The van der Waals surface area contributed by atoms with Crippen molar-refractivity contribution in [1.82, 2.24) is 9.97 Å². The van der Waals surface area contributed by atoms with Crippen LogP contribution in [0.3, 0.4) is 0 Å². The molecule has 0 fully saturated rings. The summed E-state index contributed by atoms with van der Waals surface area (Å²) in [5, 5.41) is 0. The quantitative estimate of drug-likeness (QED) is 0.499. The molecule has 0 aliphatic rings. The maximum absolute atomic E-state index is 11.9. The Morgan fingerprint density at radius 1 is 0.871 bits per heavy atom. The van der Waals surface area contributed by atoms with Crippen LogP contribution in [0.5, 0.6) is 5.75 Å². The summed E-state index contributed by atoms with van der Waals surface area (Å²) >= 11 is 0. The maximum atomic E-state index is 11.9. The van der Waals surface area contributed by atoms with Gasteiger partial charge in [0.05, 0.1) is 12.8 Å². The number of benzene rings is 2. The van der Waals surface area contributed by atoms with Crippen LogP contribution in [0.25, 0.3) is 22.4 Å². The van der Waals surface area contributed by atoms with Crippen molar-refractivity contribution in [2.45, 2.75) is 13.8 Å². The molecule has 0 unspecified atom stereocenters. The second-order valence-corrected chi connectivity index (χ2v) is 7.10. The minimum Gasteiger partial charge on any atom is -0.497 e. The predicted molar refractivity (Wildman–Crippen MR) is 124 cm³/mol. The molecular formula is C26H25N3O2. The molecule has 156 valence electrons. The van der Waals surface area contributed by atoms with Crippen LogP contribution in [-0.2, 0) is 0 Å².